The van der Waals surface area contributed by atoms with Gasteiger partial charge in [-0.05, 0) is 31.5 Å². The van der Waals surface area contributed by atoms with Crippen molar-refractivity contribution in [3.63, 3.8) is 0 Å². The van der Waals surface area contributed by atoms with Gasteiger partial charge in [-0.15, -0.1) is 0 Å². The number of carbonyl (C=O) groups excluding carboxylic acids is 3. The van der Waals surface area contributed by atoms with Crippen LogP contribution in [0.5, 0.6) is 0 Å². The Balaban J connectivity index is 1.94. The molecule has 0 aliphatic carbocycles. The Morgan fingerprint density at radius 1 is 1.35 bits per heavy atom. The average molecular weight is 366 g/mol. The zero-order valence-electron chi connectivity index (χ0n) is 14.5. The second-order valence-corrected chi connectivity index (χ2v) is 6.73. The molecule has 1 fully saturated rings. The third kappa shape index (κ3) is 4.04. The molecule has 9 heteroatoms. The van der Waals surface area contributed by atoms with Crippen LogP contribution in [0.25, 0.3) is 0 Å². The summed E-state index contributed by atoms with van der Waals surface area (Å²) >= 11 is 0. The quantitative estimate of drug-likeness (QED) is 0.258. The van der Waals surface area contributed by atoms with Gasteiger partial charge in [-0.2, -0.15) is 0 Å². The molecule has 1 amide bonds. The first-order valence-electron chi connectivity index (χ1n) is 7.96. The molecule has 1 heterocycles. The van der Waals surface area contributed by atoms with Gasteiger partial charge < -0.3 is 10.1 Å². The predicted octanol–water partition coefficient (Wildman–Crippen LogP) is 1.71. The zero-order chi connectivity index (χ0) is 19.6. The molecule has 0 aromatic heterocycles. The third-order valence-corrected chi connectivity index (χ3v) is 4.36. The van der Waals surface area contributed by atoms with E-state index in [1.807, 2.05) is 0 Å². The molecule has 2 rings (SSSR count). The van der Waals surface area contributed by atoms with Gasteiger partial charge in [0.25, 0.3) is 5.69 Å². The number of nitrogens with one attached hydrogen (secondary N) is 1. The lowest BCUT2D eigenvalue weighted by atomic mass is 9.73. The molecule has 3 atom stereocenters. The van der Waals surface area contributed by atoms with E-state index < -0.39 is 46.1 Å². The molecule has 0 bridgehead atoms. The van der Waals surface area contributed by atoms with Gasteiger partial charge in [0.15, 0.2) is 0 Å². The van der Waals surface area contributed by atoms with E-state index in [9.17, 15) is 28.9 Å². The molecular formula is C17H19FN2O6. The number of rotatable bonds is 7. The number of nitrogens with zero attached hydrogens (tertiary/aromatic N) is 1. The third-order valence-electron chi connectivity index (χ3n) is 4.36. The monoisotopic (exact) mass is 366 g/mol. The number of ether oxygens (including phenoxy) is 1. The van der Waals surface area contributed by atoms with Crippen molar-refractivity contribution in [2.45, 2.75) is 39.1 Å². The Morgan fingerprint density at radius 3 is 2.38 bits per heavy atom. The van der Waals surface area contributed by atoms with E-state index in [4.69, 9.17) is 4.74 Å². The first-order valence-corrected chi connectivity index (χ1v) is 7.96. The highest BCUT2D eigenvalue weighted by atomic mass is 19.1. The topological polar surface area (TPSA) is 116 Å². The molecule has 8 nitrogen and oxygen atoms in total. The van der Waals surface area contributed by atoms with Crippen LogP contribution in [0, 0.1) is 22.0 Å². The number of non-ortho nitro benzene ring substituents is 1. The van der Waals surface area contributed by atoms with Crippen molar-refractivity contribution >= 4 is 23.3 Å². The Labute approximate surface area is 148 Å². The molecule has 1 aliphatic heterocycles. The number of β-lactam (4-membered cyclic amide) rings is 1. The van der Waals surface area contributed by atoms with Crippen LogP contribution in [-0.2, 0) is 25.7 Å². The molecule has 0 spiro atoms. The van der Waals surface area contributed by atoms with Crippen molar-refractivity contribution in [2.24, 2.45) is 11.8 Å². The summed E-state index contributed by atoms with van der Waals surface area (Å²) in [5, 5.41) is 13.0. The van der Waals surface area contributed by atoms with E-state index in [-0.39, 0.29) is 12.3 Å². The maximum atomic E-state index is 14.1. The summed E-state index contributed by atoms with van der Waals surface area (Å²) in [5.41, 5.74) is -1.45. The number of alkyl halides is 1. The molecule has 0 radical (unpaired) electrons. The standard InChI is InChI=1S/C17H19FN2O6/c1-9(13-12(15(22)19-13)17(2,3)18)14(21)16(23)26-8-10-4-6-11(7-5-10)20(24)25/h4-7,9,12-13H,8H2,1-3H3,(H,19,22). The molecule has 0 saturated carbocycles. The van der Waals surface area contributed by atoms with E-state index in [2.05, 4.69) is 5.32 Å². The van der Waals surface area contributed by atoms with Crippen LogP contribution >= 0.6 is 0 Å². The summed E-state index contributed by atoms with van der Waals surface area (Å²) in [5.74, 6) is -4.42. The summed E-state index contributed by atoms with van der Waals surface area (Å²) in [6.45, 7) is 3.68. The Bertz CT molecular complexity index is 741. The van der Waals surface area contributed by atoms with Crippen molar-refractivity contribution in [3.8, 4) is 0 Å². The van der Waals surface area contributed by atoms with Gasteiger partial charge in [0.1, 0.15) is 12.3 Å². The molecule has 3 unspecified atom stereocenters. The van der Waals surface area contributed by atoms with Crippen LogP contribution in [0.4, 0.5) is 10.1 Å². The molecule has 26 heavy (non-hydrogen) atoms. The molecule has 1 saturated heterocycles. The van der Waals surface area contributed by atoms with Crippen LogP contribution in [-0.4, -0.2) is 34.3 Å². The minimum atomic E-state index is -1.82. The van der Waals surface area contributed by atoms with Gasteiger partial charge >= 0.3 is 5.97 Å². The first-order chi connectivity index (χ1) is 12.0. The number of halogens is 1. The van der Waals surface area contributed by atoms with Crippen LogP contribution in [0.3, 0.4) is 0 Å². The number of benzene rings is 1. The fraction of sp³-hybridized carbons (Fsp3) is 0.471. The summed E-state index contributed by atoms with van der Waals surface area (Å²) in [4.78, 5) is 45.7. The molecule has 1 aromatic rings. The molecular weight excluding hydrogens is 347 g/mol. The second-order valence-electron chi connectivity index (χ2n) is 6.73. The van der Waals surface area contributed by atoms with E-state index in [0.717, 1.165) is 0 Å². The number of carbonyl (C=O) groups is 3. The number of hydrogen-bond acceptors (Lipinski definition) is 6. The van der Waals surface area contributed by atoms with Crippen molar-refractivity contribution in [1.82, 2.24) is 5.32 Å². The van der Waals surface area contributed by atoms with Gasteiger partial charge in [0, 0.05) is 18.1 Å². The molecule has 1 N–H and O–H groups in total. The summed E-state index contributed by atoms with van der Waals surface area (Å²) < 4.78 is 19.0. The van der Waals surface area contributed by atoms with Gasteiger partial charge in [0.05, 0.1) is 16.9 Å². The highest BCUT2D eigenvalue weighted by Crippen LogP contribution is 2.34. The predicted molar refractivity (Wildman–Crippen MR) is 87.7 cm³/mol. The van der Waals surface area contributed by atoms with Crippen LogP contribution in [0.2, 0.25) is 0 Å². The highest BCUT2D eigenvalue weighted by molar-refractivity contribution is 6.34. The second kappa shape index (κ2) is 7.19. The van der Waals surface area contributed by atoms with Crippen molar-refractivity contribution in [3.05, 3.63) is 39.9 Å². The fourth-order valence-corrected chi connectivity index (χ4v) is 2.84. The van der Waals surface area contributed by atoms with Crippen LogP contribution < -0.4 is 5.32 Å². The summed E-state index contributed by atoms with van der Waals surface area (Å²) in [7, 11) is 0. The van der Waals surface area contributed by atoms with Gasteiger partial charge in [-0.1, -0.05) is 6.92 Å². The van der Waals surface area contributed by atoms with Crippen LogP contribution in [0.15, 0.2) is 24.3 Å². The SMILES string of the molecule is CC(C(=O)C(=O)OCc1ccc([N+](=O)[O-])cc1)C1NC(=O)C1C(C)(C)F. The lowest BCUT2D eigenvalue weighted by molar-refractivity contribution is -0.384. The van der Waals surface area contributed by atoms with Crippen molar-refractivity contribution in [1.29, 1.82) is 0 Å². The van der Waals surface area contributed by atoms with Crippen molar-refractivity contribution < 1.29 is 28.4 Å². The van der Waals surface area contributed by atoms with Crippen LogP contribution in [0.1, 0.15) is 26.3 Å². The molecule has 1 aliphatic rings. The minimum absolute atomic E-state index is 0.106. The summed E-state index contributed by atoms with van der Waals surface area (Å²) in [6.07, 6.45) is 0. The number of hydrogen-bond donors (Lipinski definition) is 1. The molecule has 140 valence electrons. The van der Waals surface area contributed by atoms with Gasteiger partial charge in [-0.3, -0.25) is 19.7 Å². The number of nitro groups is 1. The normalized spacial score (nSPS) is 20.5. The lowest BCUT2D eigenvalue weighted by Gasteiger charge is -2.44. The zero-order valence-corrected chi connectivity index (χ0v) is 14.5. The maximum absolute atomic E-state index is 14.1. The maximum Gasteiger partial charge on any atom is 0.375 e. The van der Waals surface area contributed by atoms with Gasteiger partial charge in [0.2, 0.25) is 11.7 Å². The van der Waals surface area contributed by atoms with E-state index >= 15 is 0 Å². The highest BCUT2D eigenvalue weighted by Gasteiger charge is 2.53. The minimum Gasteiger partial charge on any atom is -0.455 e. The largest absolute Gasteiger partial charge is 0.455 e. The average Bonchev–Trinajstić information content (AvgIpc) is 2.54. The Morgan fingerprint density at radius 2 is 1.92 bits per heavy atom. The Kier molecular flexibility index (Phi) is 5.38. The van der Waals surface area contributed by atoms with Crippen molar-refractivity contribution in [2.75, 3.05) is 0 Å². The number of ketones is 1. The number of esters is 1. The molecule has 1 aromatic carbocycles. The number of Topliss-reactive ketones (excluding diaryl/α,β-unsaturated/α-hetero) is 1. The van der Waals surface area contributed by atoms with E-state index in [0.29, 0.717) is 5.56 Å². The first kappa shape index (κ1) is 19.5. The Hall–Kier alpha value is -2.84. The summed E-state index contributed by atoms with van der Waals surface area (Å²) in [6, 6.07) is 4.55. The number of nitro benzene ring substituents is 1. The van der Waals surface area contributed by atoms with E-state index in [1.54, 1.807) is 0 Å². The van der Waals surface area contributed by atoms with E-state index in [1.165, 1.54) is 45.0 Å². The fourth-order valence-electron chi connectivity index (χ4n) is 2.84. The number of amides is 1. The van der Waals surface area contributed by atoms with Gasteiger partial charge in [-0.25, -0.2) is 9.18 Å². The smallest absolute Gasteiger partial charge is 0.375 e. The lowest BCUT2D eigenvalue weighted by Crippen LogP contribution is -2.67.